The first-order chi connectivity index (χ1) is 14.0. The standard InChI is InChI=1S/C23H17ClO5/c24-19-10-6-16(7-11-19)21(25)14-29-22(26)15-28-20-12-8-18(9-13-20)23(27)17-4-2-1-3-5-17/h1-13H,14-15H2. The van der Waals surface area contributed by atoms with Crippen LogP contribution in [0.25, 0.3) is 0 Å². The topological polar surface area (TPSA) is 69.7 Å². The molecular weight excluding hydrogens is 392 g/mol. The second-order valence-corrected chi connectivity index (χ2v) is 6.54. The van der Waals surface area contributed by atoms with Gasteiger partial charge in [-0.3, -0.25) is 9.59 Å². The molecule has 0 N–H and O–H groups in total. The summed E-state index contributed by atoms with van der Waals surface area (Å²) < 4.78 is 10.3. The summed E-state index contributed by atoms with van der Waals surface area (Å²) in [6.07, 6.45) is 0. The highest BCUT2D eigenvalue weighted by Crippen LogP contribution is 2.16. The highest BCUT2D eigenvalue weighted by atomic mass is 35.5. The van der Waals surface area contributed by atoms with Gasteiger partial charge in [-0.05, 0) is 48.5 Å². The Morgan fingerprint density at radius 2 is 1.28 bits per heavy atom. The molecule has 0 amide bonds. The van der Waals surface area contributed by atoms with E-state index in [-0.39, 0.29) is 24.8 Å². The lowest BCUT2D eigenvalue weighted by atomic mass is 10.0. The molecule has 0 atom stereocenters. The van der Waals surface area contributed by atoms with Crippen LogP contribution in [0.3, 0.4) is 0 Å². The molecule has 0 radical (unpaired) electrons. The van der Waals surface area contributed by atoms with Crippen molar-refractivity contribution in [3.63, 3.8) is 0 Å². The van der Waals surface area contributed by atoms with Crippen LogP contribution >= 0.6 is 11.6 Å². The molecule has 0 aliphatic heterocycles. The first-order valence-electron chi connectivity index (χ1n) is 8.80. The molecule has 0 aliphatic carbocycles. The minimum Gasteiger partial charge on any atom is -0.482 e. The fourth-order valence-corrected chi connectivity index (χ4v) is 2.63. The molecular formula is C23H17ClO5. The van der Waals surface area contributed by atoms with Crippen LogP contribution in [0.5, 0.6) is 5.75 Å². The lowest BCUT2D eigenvalue weighted by Gasteiger charge is -2.08. The molecule has 0 saturated heterocycles. The number of hydrogen-bond donors (Lipinski definition) is 0. The third-order valence-corrected chi connectivity index (χ3v) is 4.29. The van der Waals surface area contributed by atoms with Crippen molar-refractivity contribution < 1.29 is 23.9 Å². The zero-order valence-electron chi connectivity index (χ0n) is 15.3. The second kappa shape index (κ2) is 9.66. The summed E-state index contributed by atoms with van der Waals surface area (Å²) >= 11 is 5.77. The van der Waals surface area contributed by atoms with E-state index in [2.05, 4.69) is 0 Å². The average Bonchev–Trinajstić information content (AvgIpc) is 2.77. The van der Waals surface area contributed by atoms with Crippen molar-refractivity contribution in [1.29, 1.82) is 0 Å². The van der Waals surface area contributed by atoms with Gasteiger partial charge in [0.15, 0.2) is 24.8 Å². The number of ketones is 2. The first-order valence-corrected chi connectivity index (χ1v) is 9.18. The van der Waals surface area contributed by atoms with Gasteiger partial charge in [0.25, 0.3) is 0 Å². The molecule has 146 valence electrons. The van der Waals surface area contributed by atoms with E-state index in [0.717, 1.165) is 0 Å². The molecule has 29 heavy (non-hydrogen) atoms. The van der Waals surface area contributed by atoms with Crippen LogP contribution in [0.15, 0.2) is 78.9 Å². The number of Topliss-reactive ketones (excluding diaryl/α,β-unsaturated/α-hetero) is 1. The van der Waals surface area contributed by atoms with Gasteiger partial charge in [0.2, 0.25) is 0 Å². The molecule has 6 heteroatoms. The van der Waals surface area contributed by atoms with E-state index in [4.69, 9.17) is 21.1 Å². The van der Waals surface area contributed by atoms with Crippen molar-refractivity contribution in [3.05, 3.63) is 101 Å². The first kappa shape index (κ1) is 20.3. The summed E-state index contributed by atoms with van der Waals surface area (Å²) in [4.78, 5) is 36.1. The Morgan fingerprint density at radius 3 is 1.93 bits per heavy atom. The SMILES string of the molecule is O=C(COc1ccc(C(=O)c2ccccc2)cc1)OCC(=O)c1ccc(Cl)cc1. The third-order valence-electron chi connectivity index (χ3n) is 4.04. The molecule has 0 spiro atoms. The van der Waals surface area contributed by atoms with Gasteiger partial charge in [-0.1, -0.05) is 41.9 Å². The summed E-state index contributed by atoms with van der Waals surface area (Å²) in [6, 6.07) is 21.7. The Bertz CT molecular complexity index is 996. The molecule has 0 aromatic heterocycles. The predicted molar refractivity (Wildman–Crippen MR) is 109 cm³/mol. The van der Waals surface area contributed by atoms with Gasteiger partial charge in [-0.15, -0.1) is 0 Å². The summed E-state index contributed by atoms with van der Waals surface area (Å²) in [5.41, 5.74) is 1.51. The van der Waals surface area contributed by atoms with E-state index in [0.29, 0.717) is 27.5 Å². The van der Waals surface area contributed by atoms with Crippen molar-refractivity contribution in [1.82, 2.24) is 0 Å². The quantitative estimate of drug-likeness (QED) is 0.408. The maximum Gasteiger partial charge on any atom is 0.344 e. The van der Waals surface area contributed by atoms with Gasteiger partial charge in [0, 0.05) is 21.7 Å². The summed E-state index contributed by atoms with van der Waals surface area (Å²) in [5, 5.41) is 0.517. The van der Waals surface area contributed by atoms with Crippen LogP contribution in [-0.4, -0.2) is 30.7 Å². The number of carbonyl (C=O) groups excluding carboxylic acids is 3. The fraction of sp³-hybridized carbons (Fsp3) is 0.0870. The largest absolute Gasteiger partial charge is 0.482 e. The Hall–Kier alpha value is -3.44. The van der Waals surface area contributed by atoms with Crippen molar-refractivity contribution in [2.45, 2.75) is 0 Å². The minimum atomic E-state index is -0.670. The Balaban J connectivity index is 1.47. The molecule has 3 rings (SSSR count). The summed E-state index contributed by atoms with van der Waals surface area (Å²) in [6.45, 7) is -0.728. The molecule has 0 fully saturated rings. The van der Waals surface area contributed by atoms with E-state index < -0.39 is 5.97 Å². The number of ether oxygens (including phenoxy) is 2. The average molecular weight is 409 g/mol. The van der Waals surface area contributed by atoms with E-state index in [9.17, 15) is 14.4 Å². The minimum absolute atomic E-state index is 0.0997. The maximum atomic E-state index is 12.4. The zero-order valence-corrected chi connectivity index (χ0v) is 16.1. The lowest BCUT2D eigenvalue weighted by molar-refractivity contribution is -0.144. The van der Waals surface area contributed by atoms with Gasteiger partial charge >= 0.3 is 5.97 Å². The number of carbonyl (C=O) groups is 3. The monoisotopic (exact) mass is 408 g/mol. The van der Waals surface area contributed by atoms with Crippen LogP contribution < -0.4 is 4.74 Å². The highest BCUT2D eigenvalue weighted by Gasteiger charge is 2.12. The predicted octanol–water partition coefficient (Wildman–Crippen LogP) is 4.38. The summed E-state index contributed by atoms with van der Waals surface area (Å²) in [7, 11) is 0. The van der Waals surface area contributed by atoms with Crippen LogP contribution in [-0.2, 0) is 9.53 Å². The normalized spacial score (nSPS) is 10.2. The summed E-state index contributed by atoms with van der Waals surface area (Å²) in [5.74, 6) is -0.691. The Labute approximate surface area is 172 Å². The van der Waals surface area contributed by atoms with Crippen molar-refractivity contribution >= 4 is 29.1 Å². The van der Waals surface area contributed by atoms with E-state index >= 15 is 0 Å². The molecule has 3 aromatic carbocycles. The molecule has 5 nitrogen and oxygen atoms in total. The smallest absolute Gasteiger partial charge is 0.344 e. The molecule has 0 saturated carbocycles. The third kappa shape index (κ3) is 5.77. The van der Waals surface area contributed by atoms with Gasteiger partial charge in [-0.2, -0.15) is 0 Å². The Kier molecular flexibility index (Phi) is 6.76. The molecule has 0 bridgehead atoms. The van der Waals surface area contributed by atoms with Gasteiger partial charge in [-0.25, -0.2) is 4.79 Å². The molecule has 3 aromatic rings. The van der Waals surface area contributed by atoms with Gasteiger partial charge in [0.1, 0.15) is 5.75 Å². The Morgan fingerprint density at radius 1 is 0.690 bits per heavy atom. The fourth-order valence-electron chi connectivity index (χ4n) is 2.51. The zero-order chi connectivity index (χ0) is 20.6. The molecule has 0 heterocycles. The second-order valence-electron chi connectivity index (χ2n) is 6.10. The number of esters is 1. The van der Waals surface area contributed by atoms with Gasteiger partial charge in [0.05, 0.1) is 0 Å². The van der Waals surface area contributed by atoms with Crippen LogP contribution in [0.2, 0.25) is 5.02 Å². The molecule has 0 aliphatic rings. The van der Waals surface area contributed by atoms with E-state index in [1.807, 2.05) is 6.07 Å². The number of rotatable bonds is 8. The van der Waals surface area contributed by atoms with Crippen LogP contribution in [0.4, 0.5) is 0 Å². The lowest BCUT2D eigenvalue weighted by Crippen LogP contribution is -2.19. The number of benzene rings is 3. The number of halogens is 1. The van der Waals surface area contributed by atoms with Crippen molar-refractivity contribution in [3.8, 4) is 5.75 Å². The van der Waals surface area contributed by atoms with Crippen LogP contribution in [0, 0.1) is 0 Å². The van der Waals surface area contributed by atoms with Crippen molar-refractivity contribution in [2.24, 2.45) is 0 Å². The maximum absolute atomic E-state index is 12.4. The highest BCUT2D eigenvalue weighted by molar-refractivity contribution is 6.30. The van der Waals surface area contributed by atoms with Crippen LogP contribution in [0.1, 0.15) is 26.3 Å². The van der Waals surface area contributed by atoms with Gasteiger partial charge < -0.3 is 9.47 Å². The van der Waals surface area contributed by atoms with E-state index in [1.165, 1.54) is 0 Å². The molecule has 0 unspecified atom stereocenters. The number of hydrogen-bond acceptors (Lipinski definition) is 5. The van der Waals surface area contributed by atoms with Crippen molar-refractivity contribution in [2.75, 3.05) is 13.2 Å². The van der Waals surface area contributed by atoms with E-state index in [1.54, 1.807) is 72.8 Å².